The Morgan fingerprint density at radius 3 is 1.72 bits per heavy atom. The lowest BCUT2D eigenvalue weighted by atomic mass is 10.1. The van der Waals surface area contributed by atoms with Crippen LogP contribution in [0.25, 0.3) is 12.2 Å². The van der Waals surface area contributed by atoms with Crippen molar-refractivity contribution in [3.8, 4) is 0 Å². The zero-order valence-corrected chi connectivity index (χ0v) is 20.2. The molecule has 184 valence electrons. The monoisotopic (exact) mass is 481 g/mol. The van der Waals surface area contributed by atoms with E-state index in [1.54, 1.807) is 23.7 Å². The van der Waals surface area contributed by atoms with Crippen LogP contribution in [0, 0.1) is 0 Å². The van der Waals surface area contributed by atoms with Crippen LogP contribution in [0.15, 0.2) is 91.0 Å². The summed E-state index contributed by atoms with van der Waals surface area (Å²) < 4.78 is 0. The van der Waals surface area contributed by atoms with Gasteiger partial charge in [-0.05, 0) is 34.4 Å². The van der Waals surface area contributed by atoms with Gasteiger partial charge in [0.15, 0.2) is 5.78 Å². The maximum atomic E-state index is 12.6. The Labute approximate surface area is 212 Å². The first-order valence-corrected chi connectivity index (χ1v) is 12.1. The van der Waals surface area contributed by atoms with Crippen LogP contribution in [-0.4, -0.2) is 52.9 Å². The summed E-state index contributed by atoms with van der Waals surface area (Å²) in [4.78, 5) is 28.6. The fourth-order valence-corrected chi connectivity index (χ4v) is 4.18. The van der Waals surface area contributed by atoms with Gasteiger partial charge in [-0.3, -0.25) is 24.6 Å². The largest absolute Gasteiger partial charge is 0.297 e. The number of hydrogen-bond acceptors (Lipinski definition) is 5. The summed E-state index contributed by atoms with van der Waals surface area (Å²) in [6.07, 6.45) is 6.19. The average molecular weight is 482 g/mol. The van der Waals surface area contributed by atoms with Crippen LogP contribution in [0.4, 0.5) is 0 Å². The number of hydrogen-bond donors (Lipinski definition) is 2. The Hall–Kier alpha value is -3.84. The van der Waals surface area contributed by atoms with Crippen LogP contribution < -0.4 is 5.48 Å². The number of nitrogens with one attached hydrogen (secondary N) is 1. The lowest BCUT2D eigenvalue weighted by Crippen LogP contribution is -2.45. The molecule has 1 heterocycles. The van der Waals surface area contributed by atoms with Crippen LogP contribution >= 0.6 is 0 Å². The number of rotatable bonds is 9. The molecule has 0 spiro atoms. The first kappa shape index (κ1) is 25.3. The summed E-state index contributed by atoms with van der Waals surface area (Å²) in [5, 5.41) is 8.52. The van der Waals surface area contributed by atoms with Crippen molar-refractivity contribution >= 4 is 23.8 Å². The molecule has 0 saturated carbocycles. The second-order valence-corrected chi connectivity index (χ2v) is 8.91. The minimum Gasteiger partial charge on any atom is -0.297 e. The summed E-state index contributed by atoms with van der Waals surface area (Å²) in [6, 6.07) is 25.9. The van der Waals surface area contributed by atoms with Crippen LogP contribution in [0.3, 0.4) is 0 Å². The Morgan fingerprint density at radius 1 is 0.694 bits per heavy atom. The van der Waals surface area contributed by atoms with E-state index in [2.05, 4.69) is 40.1 Å². The molecule has 6 nitrogen and oxygen atoms in total. The molecule has 1 amide bonds. The Morgan fingerprint density at radius 2 is 1.19 bits per heavy atom. The number of carbonyl (C=O) groups excluding carboxylic acids is 2. The average Bonchev–Trinajstić information content (AvgIpc) is 2.93. The smallest absolute Gasteiger partial charge is 0.267 e. The second-order valence-electron chi connectivity index (χ2n) is 8.91. The van der Waals surface area contributed by atoms with Gasteiger partial charge in [0.05, 0.1) is 0 Å². The Balaban J connectivity index is 1.24. The third-order valence-electron chi connectivity index (χ3n) is 6.26. The zero-order chi connectivity index (χ0) is 25.2. The Kier molecular flexibility index (Phi) is 8.94. The third-order valence-corrected chi connectivity index (χ3v) is 6.26. The van der Waals surface area contributed by atoms with Crippen molar-refractivity contribution in [1.29, 1.82) is 0 Å². The molecule has 0 aliphatic carbocycles. The van der Waals surface area contributed by atoms with Gasteiger partial charge < -0.3 is 0 Å². The first-order valence-electron chi connectivity index (χ1n) is 12.1. The molecule has 1 aliphatic rings. The standard InChI is InChI=1S/C30H31N3O3/c34-29(16-12-24-6-8-25(9-7-24)13-17-30(35)31-36)28-14-10-27(11-15-28)23-33-20-18-32(19-21-33)22-26-4-2-1-3-5-26/h1-17,36H,18-23H2,(H,31,35). The molecular formula is C30H31N3O3. The van der Waals surface area contributed by atoms with Crippen molar-refractivity contribution in [1.82, 2.24) is 15.3 Å². The quantitative estimate of drug-likeness (QED) is 0.205. The zero-order valence-electron chi connectivity index (χ0n) is 20.2. The normalized spacial score (nSPS) is 14.9. The van der Waals surface area contributed by atoms with Crippen LogP contribution in [0.2, 0.25) is 0 Å². The second kappa shape index (κ2) is 12.7. The van der Waals surface area contributed by atoms with E-state index >= 15 is 0 Å². The number of hydroxylamine groups is 1. The minimum atomic E-state index is -0.586. The first-order chi connectivity index (χ1) is 17.6. The van der Waals surface area contributed by atoms with Crippen molar-refractivity contribution in [2.45, 2.75) is 13.1 Å². The fourth-order valence-electron chi connectivity index (χ4n) is 4.18. The summed E-state index contributed by atoms with van der Waals surface area (Å²) >= 11 is 0. The minimum absolute atomic E-state index is 0.0420. The fraction of sp³-hybridized carbons (Fsp3) is 0.200. The predicted octanol–water partition coefficient (Wildman–Crippen LogP) is 4.42. The van der Waals surface area contributed by atoms with Crippen LogP contribution in [0.1, 0.15) is 32.6 Å². The molecule has 0 radical (unpaired) electrons. The highest BCUT2D eigenvalue weighted by Crippen LogP contribution is 2.14. The summed E-state index contributed by atoms with van der Waals surface area (Å²) in [6.45, 7) is 6.10. The molecule has 3 aromatic rings. The van der Waals surface area contributed by atoms with E-state index in [1.165, 1.54) is 17.2 Å². The van der Waals surface area contributed by atoms with E-state index in [4.69, 9.17) is 5.21 Å². The third kappa shape index (κ3) is 7.58. The molecular weight excluding hydrogens is 450 g/mol. The molecule has 36 heavy (non-hydrogen) atoms. The Bertz CT molecular complexity index is 1190. The summed E-state index contributed by atoms with van der Waals surface area (Å²) in [5.41, 5.74) is 6.49. The van der Waals surface area contributed by atoms with Crippen LogP contribution in [-0.2, 0) is 17.9 Å². The highest BCUT2D eigenvalue weighted by Gasteiger charge is 2.17. The maximum absolute atomic E-state index is 12.6. The van der Waals surface area contributed by atoms with Gasteiger partial charge in [0, 0.05) is 50.9 Å². The maximum Gasteiger partial charge on any atom is 0.267 e. The number of nitrogens with zero attached hydrogens (tertiary/aromatic N) is 2. The van der Waals surface area contributed by atoms with Crippen LogP contribution in [0.5, 0.6) is 0 Å². The number of ketones is 1. The van der Waals surface area contributed by atoms with E-state index < -0.39 is 5.91 Å². The van der Waals surface area contributed by atoms with Gasteiger partial charge >= 0.3 is 0 Å². The van der Waals surface area contributed by atoms with E-state index in [0.717, 1.165) is 50.4 Å². The predicted molar refractivity (Wildman–Crippen MR) is 142 cm³/mol. The van der Waals surface area contributed by atoms with Gasteiger partial charge in [-0.1, -0.05) is 84.9 Å². The van der Waals surface area contributed by atoms with Crippen molar-refractivity contribution in [3.63, 3.8) is 0 Å². The van der Waals surface area contributed by atoms with Crippen molar-refractivity contribution in [2.24, 2.45) is 0 Å². The highest BCUT2D eigenvalue weighted by atomic mass is 16.5. The molecule has 1 saturated heterocycles. The molecule has 0 bridgehead atoms. The van der Waals surface area contributed by atoms with Gasteiger partial charge in [-0.25, -0.2) is 5.48 Å². The molecule has 0 aromatic heterocycles. The van der Waals surface area contributed by atoms with Gasteiger partial charge in [0.2, 0.25) is 0 Å². The SMILES string of the molecule is O=C(C=Cc1ccc(C=CC(=O)c2ccc(CN3CCN(Cc4ccccc4)CC3)cc2)cc1)NO. The van der Waals surface area contributed by atoms with Gasteiger partial charge in [0.25, 0.3) is 5.91 Å². The lowest BCUT2D eigenvalue weighted by molar-refractivity contribution is -0.124. The van der Waals surface area contributed by atoms with Gasteiger partial charge in [-0.15, -0.1) is 0 Å². The number of piperazine rings is 1. The van der Waals surface area contributed by atoms with Crippen molar-refractivity contribution < 1.29 is 14.8 Å². The highest BCUT2D eigenvalue weighted by molar-refractivity contribution is 6.06. The number of carbonyl (C=O) groups is 2. The van der Waals surface area contributed by atoms with E-state index in [0.29, 0.717) is 5.56 Å². The number of amides is 1. The number of benzene rings is 3. The molecule has 3 aromatic carbocycles. The van der Waals surface area contributed by atoms with Gasteiger partial charge in [-0.2, -0.15) is 0 Å². The molecule has 0 unspecified atom stereocenters. The molecule has 0 atom stereocenters. The molecule has 2 N–H and O–H groups in total. The number of allylic oxidation sites excluding steroid dienone is 1. The summed E-state index contributed by atoms with van der Waals surface area (Å²) in [5.74, 6) is -0.628. The molecule has 4 rings (SSSR count). The molecule has 1 fully saturated rings. The molecule has 1 aliphatic heterocycles. The topological polar surface area (TPSA) is 72.9 Å². The van der Waals surface area contributed by atoms with Crippen molar-refractivity contribution in [3.05, 3.63) is 119 Å². The van der Waals surface area contributed by atoms with E-state index in [1.807, 2.05) is 48.5 Å². The van der Waals surface area contributed by atoms with Crippen molar-refractivity contribution in [2.75, 3.05) is 26.2 Å². The lowest BCUT2D eigenvalue weighted by Gasteiger charge is -2.34. The van der Waals surface area contributed by atoms with E-state index in [-0.39, 0.29) is 5.78 Å². The summed E-state index contributed by atoms with van der Waals surface area (Å²) in [7, 11) is 0. The van der Waals surface area contributed by atoms with E-state index in [9.17, 15) is 9.59 Å². The molecule has 6 heteroatoms. The van der Waals surface area contributed by atoms with Gasteiger partial charge in [0.1, 0.15) is 0 Å².